The van der Waals surface area contributed by atoms with Crippen molar-refractivity contribution in [2.75, 3.05) is 0 Å². The number of hydrogen-bond donors (Lipinski definition) is 0. The zero-order chi connectivity index (χ0) is 46.7. The molecule has 1 atom stereocenters. The van der Waals surface area contributed by atoms with E-state index >= 15 is 0 Å². The maximum absolute atomic E-state index is 6.14. The minimum atomic E-state index is -5.31. The Bertz CT molecular complexity index is 2730. The number of benzene rings is 4. The van der Waals surface area contributed by atoms with E-state index in [0.29, 0.717) is 0 Å². The standard InChI is InChI=1S/C31H37.C10H15.2C10H13.CH2.2ClH.Zr/c1-28(2,3)26-16-30(7,8)24-12-18-11-19-13-25-23(15-21(19)20(18)14-22(24)26)27(29(4,5)6)17-31(25,9)10;1-8-5-6-9(7-8)10(2,3)4;2*1-10(2,3)9-7-5-4-6-8-9;;;;/h12-16H,11H2,1-10H3;6-8H,1-4H3;2*5-8H,1-3H3;1H2;2*1H;. The molecule has 0 amide bonds. The number of rotatable bonds is 4. The predicted octanol–water partition coefficient (Wildman–Crippen LogP) is 16.7. The van der Waals surface area contributed by atoms with Crippen LogP contribution in [0.2, 0.25) is 0 Å². The molecule has 4 aliphatic rings. The number of hydrogen-bond acceptors (Lipinski definition) is 0. The van der Waals surface area contributed by atoms with Crippen LogP contribution in [-0.2, 0) is 46.4 Å². The molecular formula is C62H82Cl2Zr. The van der Waals surface area contributed by atoms with Crippen LogP contribution in [-0.4, -0.2) is 4.21 Å². The second-order valence-corrected chi connectivity index (χ2v) is 39.5. The summed E-state index contributed by atoms with van der Waals surface area (Å²) in [5, 5.41) is 0. The zero-order valence-corrected chi connectivity index (χ0v) is 48.1. The van der Waals surface area contributed by atoms with Crippen molar-refractivity contribution in [1.82, 2.24) is 0 Å². The van der Waals surface area contributed by atoms with E-state index in [0.717, 1.165) is 6.42 Å². The second-order valence-electron chi connectivity index (χ2n) is 26.8. The third kappa shape index (κ3) is 7.76. The maximum atomic E-state index is 6.14. The van der Waals surface area contributed by atoms with Gasteiger partial charge in [-0.05, 0) is 0 Å². The molecule has 0 aliphatic heterocycles. The van der Waals surface area contributed by atoms with Gasteiger partial charge in [-0.1, -0.05) is 0 Å². The molecular weight excluding hydrogens is 907 g/mol. The van der Waals surface area contributed by atoms with E-state index in [2.05, 4.69) is 229 Å². The molecule has 0 nitrogen and oxygen atoms in total. The Labute approximate surface area is 409 Å². The first-order valence-corrected chi connectivity index (χ1v) is 30.8. The fraction of sp³-hybridized carbons (Fsp3) is 0.468. The van der Waals surface area contributed by atoms with Crippen LogP contribution < -0.4 is 6.54 Å². The third-order valence-electron chi connectivity index (χ3n) is 16.1. The molecule has 0 fully saturated rings. The molecule has 0 bridgehead atoms. The van der Waals surface area contributed by atoms with Gasteiger partial charge in [-0.3, -0.25) is 0 Å². The van der Waals surface area contributed by atoms with Gasteiger partial charge in [-0.25, -0.2) is 0 Å². The van der Waals surface area contributed by atoms with Crippen LogP contribution in [0.4, 0.5) is 0 Å². The summed E-state index contributed by atoms with van der Waals surface area (Å²) in [4.78, 5) is 0. The van der Waals surface area contributed by atoms with Gasteiger partial charge in [0.15, 0.2) is 0 Å². The van der Waals surface area contributed by atoms with Gasteiger partial charge in [0.1, 0.15) is 0 Å². The average Bonchev–Trinajstić information content (AvgIpc) is 3.87. The predicted molar refractivity (Wildman–Crippen MR) is 290 cm³/mol. The van der Waals surface area contributed by atoms with Crippen molar-refractivity contribution in [2.45, 2.75) is 167 Å². The van der Waals surface area contributed by atoms with Crippen molar-refractivity contribution in [2.24, 2.45) is 22.2 Å². The molecule has 348 valence electrons. The van der Waals surface area contributed by atoms with Crippen LogP contribution in [0.3, 0.4) is 0 Å². The normalized spacial score (nSPS) is 19.1. The molecule has 0 saturated carbocycles. The molecule has 3 heteroatoms. The molecule has 0 aromatic heterocycles. The fourth-order valence-corrected chi connectivity index (χ4v) is 31.9. The van der Waals surface area contributed by atoms with Gasteiger partial charge < -0.3 is 0 Å². The van der Waals surface area contributed by atoms with E-state index in [-0.39, 0.29) is 68.6 Å². The monoisotopic (exact) mass is 986 g/mol. The summed E-state index contributed by atoms with van der Waals surface area (Å²) in [5.74, 6) is 0.244. The Morgan fingerprint density at radius 2 is 0.985 bits per heavy atom. The van der Waals surface area contributed by atoms with Gasteiger partial charge >= 0.3 is 388 Å². The first-order valence-electron chi connectivity index (χ1n) is 24.2. The number of fused-ring (bicyclic) bond motifs is 5. The summed E-state index contributed by atoms with van der Waals surface area (Å²) in [5.41, 5.74) is 18.6. The van der Waals surface area contributed by atoms with Crippen LogP contribution in [0.15, 0.2) is 103 Å². The van der Waals surface area contributed by atoms with E-state index < -0.39 is 18.3 Å². The van der Waals surface area contributed by atoms with Crippen LogP contribution in [0.25, 0.3) is 22.3 Å². The van der Waals surface area contributed by atoms with Crippen LogP contribution >= 0.6 is 24.8 Å². The summed E-state index contributed by atoms with van der Waals surface area (Å²) >= 11 is -5.31. The van der Waals surface area contributed by atoms with Crippen molar-refractivity contribution in [3.8, 4) is 11.1 Å². The number of allylic oxidation sites excluding steroid dienone is 8. The van der Waals surface area contributed by atoms with Gasteiger partial charge in [-0.15, -0.1) is 24.8 Å². The molecule has 4 aliphatic carbocycles. The summed E-state index contributed by atoms with van der Waals surface area (Å²) in [6.45, 7) is 48.3. The third-order valence-corrected chi connectivity index (χ3v) is 33.5. The Morgan fingerprint density at radius 1 is 0.538 bits per heavy atom. The summed E-state index contributed by atoms with van der Waals surface area (Å²) in [7, 11) is 0. The van der Waals surface area contributed by atoms with E-state index in [1.165, 1.54) is 78.9 Å². The van der Waals surface area contributed by atoms with Crippen LogP contribution in [0, 0.1) is 22.2 Å². The average molecular weight is 989 g/mol. The Morgan fingerprint density at radius 3 is 1.38 bits per heavy atom. The van der Waals surface area contributed by atoms with Crippen LogP contribution in [0.5, 0.6) is 0 Å². The van der Waals surface area contributed by atoms with E-state index in [1.54, 1.807) is 6.56 Å². The van der Waals surface area contributed by atoms with E-state index in [4.69, 9.17) is 4.21 Å². The Hall–Kier alpha value is -2.83. The first kappa shape index (κ1) is 51.6. The first-order chi connectivity index (χ1) is 28.6. The Kier molecular flexibility index (Phi) is 12.4. The van der Waals surface area contributed by atoms with Gasteiger partial charge in [0.2, 0.25) is 0 Å². The Balaban J connectivity index is 0.00000350. The van der Waals surface area contributed by atoms with Gasteiger partial charge in [0.25, 0.3) is 0 Å². The molecule has 65 heavy (non-hydrogen) atoms. The topological polar surface area (TPSA) is 0 Å². The molecule has 0 heterocycles. The van der Waals surface area contributed by atoms with Gasteiger partial charge in [-0.2, -0.15) is 0 Å². The van der Waals surface area contributed by atoms with Crippen molar-refractivity contribution in [1.29, 1.82) is 0 Å². The molecule has 1 unspecified atom stereocenters. The van der Waals surface area contributed by atoms with Crippen molar-refractivity contribution in [3.05, 3.63) is 148 Å². The summed E-state index contributed by atoms with van der Waals surface area (Å²) < 4.78 is 12.2. The van der Waals surface area contributed by atoms with Gasteiger partial charge in [0, 0.05) is 0 Å². The summed E-state index contributed by atoms with van der Waals surface area (Å²) in [6, 6.07) is 30.5. The molecule has 4 aromatic carbocycles. The van der Waals surface area contributed by atoms with Crippen molar-refractivity contribution in [3.63, 3.8) is 0 Å². The number of halogens is 2. The zero-order valence-electron chi connectivity index (χ0n) is 44.0. The van der Waals surface area contributed by atoms with Crippen molar-refractivity contribution < 1.29 is 18.3 Å². The summed E-state index contributed by atoms with van der Waals surface area (Å²) in [6.07, 6.45) is 8.79. The van der Waals surface area contributed by atoms with Crippen molar-refractivity contribution >= 4 is 46.7 Å². The molecule has 0 radical (unpaired) electrons. The van der Waals surface area contributed by atoms with Gasteiger partial charge in [0.05, 0.1) is 0 Å². The second kappa shape index (κ2) is 15.6. The molecule has 8 rings (SSSR count). The quantitative estimate of drug-likeness (QED) is 0.168. The fourth-order valence-electron chi connectivity index (χ4n) is 12.7. The van der Waals surface area contributed by atoms with Crippen LogP contribution in [0.1, 0.15) is 183 Å². The minimum absolute atomic E-state index is 0. The molecule has 0 spiro atoms. The van der Waals surface area contributed by atoms with E-state index in [1.807, 2.05) is 0 Å². The molecule has 0 saturated heterocycles. The molecule has 0 N–H and O–H groups in total. The molecule has 4 aromatic rings. The SMILES string of the molecule is Cl.Cl.[CH2]=[Zr]([C]1=CC(C(C)(C)C)=CC1C)([C]1=C(C(C)(C)C)c2cc3c(cc2C1(C)C)Cc1cc2c(cc1-3)C(C(C)(C)C)=CC2(C)C)([c]1ccc(C(C)(C)C)cc1)[c]1ccc(C(C)(C)C)cc1. The van der Waals surface area contributed by atoms with E-state index in [9.17, 15) is 0 Å².